The minimum atomic E-state index is -3.71. The summed E-state index contributed by atoms with van der Waals surface area (Å²) in [4.78, 5) is 23.8. The molecule has 0 heterocycles. The van der Waals surface area contributed by atoms with Crippen LogP contribution in [-0.2, 0) is 26.1 Å². The third-order valence-electron chi connectivity index (χ3n) is 3.77. The molecule has 2 aromatic carbocycles. The zero-order valence-corrected chi connectivity index (χ0v) is 16.3. The van der Waals surface area contributed by atoms with Gasteiger partial charge in [-0.3, -0.25) is 4.79 Å². The lowest BCUT2D eigenvalue weighted by Gasteiger charge is -2.09. The van der Waals surface area contributed by atoms with Crippen LogP contribution in [0, 0.1) is 12.7 Å². The maximum atomic E-state index is 13.5. The molecule has 7 nitrogen and oxygen atoms in total. The minimum absolute atomic E-state index is 0.00684. The number of amides is 1. The van der Waals surface area contributed by atoms with E-state index in [4.69, 9.17) is 4.74 Å². The number of hydrogen-bond donors (Lipinski definition) is 2. The average Bonchev–Trinajstić information content (AvgIpc) is 2.67. The van der Waals surface area contributed by atoms with E-state index in [1.54, 1.807) is 26.0 Å². The number of hydrogen-bond acceptors (Lipinski definition) is 5. The van der Waals surface area contributed by atoms with Crippen molar-refractivity contribution in [2.24, 2.45) is 0 Å². The van der Waals surface area contributed by atoms with Gasteiger partial charge in [-0.05, 0) is 42.3 Å². The number of halogens is 1. The van der Waals surface area contributed by atoms with Crippen molar-refractivity contribution in [3.8, 4) is 0 Å². The Kier molecular flexibility index (Phi) is 7.24. The molecule has 0 aromatic heterocycles. The highest BCUT2D eigenvalue weighted by Gasteiger charge is 2.16. The van der Waals surface area contributed by atoms with E-state index in [1.165, 1.54) is 30.3 Å². The van der Waals surface area contributed by atoms with Crippen molar-refractivity contribution in [2.75, 3.05) is 13.2 Å². The second-order valence-electron chi connectivity index (χ2n) is 5.97. The Labute approximate surface area is 163 Å². The van der Waals surface area contributed by atoms with Gasteiger partial charge in [-0.25, -0.2) is 22.3 Å². The van der Waals surface area contributed by atoms with E-state index < -0.39 is 28.5 Å². The van der Waals surface area contributed by atoms with Crippen LogP contribution in [0.1, 0.15) is 28.4 Å². The summed E-state index contributed by atoms with van der Waals surface area (Å²) in [7, 11) is -3.71. The number of sulfonamides is 1. The molecule has 2 aromatic rings. The Balaban J connectivity index is 1.91. The molecule has 0 saturated heterocycles. The number of aryl methyl sites for hydroxylation is 1. The van der Waals surface area contributed by atoms with E-state index in [0.717, 1.165) is 0 Å². The fourth-order valence-electron chi connectivity index (χ4n) is 2.28. The topological polar surface area (TPSA) is 102 Å². The largest absolute Gasteiger partial charge is 0.452 e. The van der Waals surface area contributed by atoms with Gasteiger partial charge in [0.15, 0.2) is 6.61 Å². The Bertz CT molecular complexity index is 976. The van der Waals surface area contributed by atoms with E-state index in [-0.39, 0.29) is 29.4 Å². The number of rotatable bonds is 8. The van der Waals surface area contributed by atoms with Crippen molar-refractivity contribution >= 4 is 21.9 Å². The van der Waals surface area contributed by atoms with Crippen molar-refractivity contribution in [3.05, 3.63) is 65.0 Å². The van der Waals surface area contributed by atoms with Crippen molar-refractivity contribution < 1.29 is 27.1 Å². The molecule has 1 amide bonds. The highest BCUT2D eigenvalue weighted by molar-refractivity contribution is 7.89. The van der Waals surface area contributed by atoms with Crippen LogP contribution in [0.2, 0.25) is 0 Å². The molecule has 2 rings (SSSR count). The summed E-state index contributed by atoms with van der Waals surface area (Å²) in [5.74, 6) is -1.76. The Hall–Kier alpha value is -2.78. The van der Waals surface area contributed by atoms with Crippen LogP contribution in [0.3, 0.4) is 0 Å². The van der Waals surface area contributed by atoms with Gasteiger partial charge in [0.2, 0.25) is 10.0 Å². The van der Waals surface area contributed by atoms with Gasteiger partial charge in [0.1, 0.15) is 5.82 Å². The monoisotopic (exact) mass is 408 g/mol. The normalized spacial score (nSPS) is 11.1. The summed E-state index contributed by atoms with van der Waals surface area (Å²) >= 11 is 0. The molecule has 0 fully saturated rings. The summed E-state index contributed by atoms with van der Waals surface area (Å²) in [5.41, 5.74) is 1.08. The van der Waals surface area contributed by atoms with Gasteiger partial charge in [0.05, 0.1) is 10.5 Å². The third kappa shape index (κ3) is 5.86. The first-order chi connectivity index (χ1) is 13.2. The zero-order valence-electron chi connectivity index (χ0n) is 15.5. The van der Waals surface area contributed by atoms with E-state index in [1.807, 2.05) is 0 Å². The predicted octanol–water partition coefficient (Wildman–Crippen LogP) is 1.91. The molecule has 2 N–H and O–H groups in total. The smallest absolute Gasteiger partial charge is 0.338 e. The Morgan fingerprint density at radius 3 is 2.57 bits per heavy atom. The maximum Gasteiger partial charge on any atom is 0.338 e. The van der Waals surface area contributed by atoms with Crippen LogP contribution < -0.4 is 10.0 Å². The summed E-state index contributed by atoms with van der Waals surface area (Å²) in [5, 5.41) is 2.52. The van der Waals surface area contributed by atoms with E-state index in [9.17, 15) is 22.4 Å². The molecule has 0 atom stereocenters. The predicted molar refractivity (Wildman–Crippen MR) is 101 cm³/mol. The lowest BCUT2D eigenvalue weighted by Crippen LogP contribution is -2.28. The average molecular weight is 408 g/mol. The second-order valence-corrected chi connectivity index (χ2v) is 7.73. The number of carbonyl (C=O) groups is 2. The molecular weight excluding hydrogens is 387 g/mol. The molecular formula is C19H21FN2O5S. The molecule has 150 valence electrons. The van der Waals surface area contributed by atoms with Gasteiger partial charge >= 0.3 is 5.97 Å². The first-order valence-corrected chi connectivity index (χ1v) is 10.00. The van der Waals surface area contributed by atoms with Gasteiger partial charge in [-0.1, -0.05) is 25.1 Å². The van der Waals surface area contributed by atoms with E-state index in [0.29, 0.717) is 11.1 Å². The number of carbonyl (C=O) groups excluding carboxylic acids is 2. The molecule has 0 aliphatic rings. The molecule has 0 radical (unpaired) electrons. The minimum Gasteiger partial charge on any atom is -0.452 e. The highest BCUT2D eigenvalue weighted by Crippen LogP contribution is 2.12. The molecule has 0 spiro atoms. The number of benzene rings is 2. The number of nitrogens with one attached hydrogen (secondary N) is 2. The molecule has 28 heavy (non-hydrogen) atoms. The first-order valence-electron chi connectivity index (χ1n) is 8.51. The van der Waals surface area contributed by atoms with Gasteiger partial charge in [-0.2, -0.15) is 0 Å². The lowest BCUT2D eigenvalue weighted by atomic mass is 10.1. The molecule has 0 saturated carbocycles. The van der Waals surface area contributed by atoms with Crippen LogP contribution in [0.15, 0.2) is 47.4 Å². The van der Waals surface area contributed by atoms with Gasteiger partial charge < -0.3 is 10.1 Å². The summed E-state index contributed by atoms with van der Waals surface area (Å²) in [6.45, 7) is 3.03. The number of esters is 1. The summed E-state index contributed by atoms with van der Waals surface area (Å²) < 4.78 is 44.7. The van der Waals surface area contributed by atoms with E-state index in [2.05, 4.69) is 10.0 Å². The third-order valence-corrected chi connectivity index (χ3v) is 5.32. The molecule has 9 heteroatoms. The van der Waals surface area contributed by atoms with Crippen LogP contribution >= 0.6 is 0 Å². The SMILES string of the molecule is CCNS(=O)(=O)c1cccc(C(=O)OCC(=O)NCc2ccc(C)c(F)c2)c1. The van der Waals surface area contributed by atoms with Crippen LogP contribution in [0.5, 0.6) is 0 Å². The van der Waals surface area contributed by atoms with Crippen molar-refractivity contribution in [1.29, 1.82) is 0 Å². The van der Waals surface area contributed by atoms with Gasteiger partial charge in [-0.15, -0.1) is 0 Å². The van der Waals surface area contributed by atoms with Crippen molar-refractivity contribution in [3.63, 3.8) is 0 Å². The van der Waals surface area contributed by atoms with Gasteiger partial charge in [0.25, 0.3) is 5.91 Å². The van der Waals surface area contributed by atoms with Gasteiger partial charge in [0, 0.05) is 13.1 Å². The number of ether oxygens (including phenoxy) is 1. The van der Waals surface area contributed by atoms with Crippen LogP contribution in [0.4, 0.5) is 4.39 Å². The quantitative estimate of drug-likeness (QED) is 0.650. The first kappa shape index (κ1) is 21.5. The fourth-order valence-corrected chi connectivity index (χ4v) is 3.36. The zero-order chi connectivity index (χ0) is 20.7. The highest BCUT2D eigenvalue weighted by atomic mass is 32.2. The lowest BCUT2D eigenvalue weighted by molar-refractivity contribution is -0.124. The van der Waals surface area contributed by atoms with Crippen molar-refractivity contribution in [1.82, 2.24) is 10.0 Å². The van der Waals surface area contributed by atoms with E-state index >= 15 is 0 Å². The Morgan fingerprint density at radius 2 is 1.89 bits per heavy atom. The summed E-state index contributed by atoms with van der Waals surface area (Å²) in [6, 6.07) is 9.92. The molecule has 0 aliphatic carbocycles. The van der Waals surface area contributed by atoms with Crippen LogP contribution in [0.25, 0.3) is 0 Å². The Morgan fingerprint density at radius 1 is 1.14 bits per heavy atom. The molecule has 0 aliphatic heterocycles. The van der Waals surface area contributed by atoms with Crippen molar-refractivity contribution in [2.45, 2.75) is 25.3 Å². The maximum absolute atomic E-state index is 13.5. The molecule has 0 unspecified atom stereocenters. The molecule has 0 bridgehead atoms. The standard InChI is InChI=1S/C19H21FN2O5S/c1-3-22-28(25,26)16-6-4-5-15(10-16)19(24)27-12-18(23)21-11-14-8-7-13(2)17(20)9-14/h4-10,22H,3,11-12H2,1-2H3,(H,21,23). The fraction of sp³-hybridized carbons (Fsp3) is 0.263. The summed E-state index contributed by atoms with van der Waals surface area (Å²) in [6.07, 6.45) is 0. The van der Waals surface area contributed by atoms with Crippen LogP contribution in [-0.4, -0.2) is 33.4 Å². The second kappa shape index (κ2) is 9.43.